The molecule has 0 radical (unpaired) electrons. The maximum atomic E-state index is 14.4. The first-order valence-corrected chi connectivity index (χ1v) is 19.0. The molecule has 1 aliphatic heterocycles. The van der Waals surface area contributed by atoms with Crippen molar-refractivity contribution in [1.29, 1.82) is 0 Å². The van der Waals surface area contributed by atoms with Gasteiger partial charge in [-0.3, -0.25) is 4.90 Å². The van der Waals surface area contributed by atoms with Crippen molar-refractivity contribution in [2.45, 2.75) is 104 Å². The first-order chi connectivity index (χ1) is 25.5. The number of urea groups is 1. The summed E-state index contributed by atoms with van der Waals surface area (Å²) in [6.07, 6.45) is 0.282. The van der Waals surface area contributed by atoms with Gasteiger partial charge in [0.15, 0.2) is 0 Å². The van der Waals surface area contributed by atoms with Gasteiger partial charge in [-0.1, -0.05) is 77.3 Å². The molecule has 3 N–H and O–H groups in total. The molecule has 0 saturated carbocycles. The van der Waals surface area contributed by atoms with Crippen molar-refractivity contribution < 1.29 is 32.5 Å². The zero-order valence-electron chi connectivity index (χ0n) is 33.9. The van der Waals surface area contributed by atoms with E-state index in [4.69, 9.17) is 14.6 Å². The number of ether oxygens (including phenoxy) is 2. The highest BCUT2D eigenvalue weighted by atomic mass is 31.0. The van der Waals surface area contributed by atoms with Gasteiger partial charge in [-0.15, -0.1) is 22.4 Å². The van der Waals surface area contributed by atoms with Crippen LogP contribution in [0.25, 0.3) is 5.70 Å². The minimum atomic E-state index is -4.53. The third-order valence-corrected chi connectivity index (χ3v) is 8.98. The Labute approximate surface area is 325 Å². The highest BCUT2D eigenvalue weighted by Gasteiger charge is 2.37. The van der Waals surface area contributed by atoms with Crippen LogP contribution in [-0.4, -0.2) is 79.2 Å². The quantitative estimate of drug-likeness (QED) is 0.101. The van der Waals surface area contributed by atoms with Gasteiger partial charge in [0.25, 0.3) is 0 Å². The van der Waals surface area contributed by atoms with E-state index in [0.29, 0.717) is 37.3 Å². The molecule has 2 aromatic rings. The summed E-state index contributed by atoms with van der Waals surface area (Å²) in [5, 5.41) is 16.0. The van der Waals surface area contributed by atoms with Gasteiger partial charge in [-0.05, 0) is 69.1 Å². The highest BCUT2D eigenvalue weighted by molar-refractivity contribution is 7.27. The summed E-state index contributed by atoms with van der Waals surface area (Å²) in [7, 11) is 5.61. The molecule has 3 rings (SSSR count). The van der Waals surface area contributed by atoms with Crippen molar-refractivity contribution in [3.8, 4) is 5.75 Å². The van der Waals surface area contributed by atoms with Gasteiger partial charge in [-0.25, -0.2) is 4.79 Å². The second kappa shape index (κ2) is 26.2. The van der Waals surface area contributed by atoms with Crippen LogP contribution in [0.3, 0.4) is 0 Å². The van der Waals surface area contributed by atoms with Gasteiger partial charge >= 0.3 is 12.2 Å². The van der Waals surface area contributed by atoms with E-state index in [9.17, 15) is 18.0 Å². The molecule has 2 amide bonds. The number of alkyl halides is 3. The molecule has 12 heteroatoms. The Morgan fingerprint density at radius 3 is 2.06 bits per heavy atom. The predicted octanol–water partition coefficient (Wildman–Crippen LogP) is 9.11. The first-order valence-electron chi connectivity index (χ1n) is 18.4. The average molecular weight is 779 g/mol. The number of likely N-dealkylation sites (tertiary alicyclic amines) is 1. The molecule has 0 spiro atoms. The number of allylic oxidation sites excluding steroid dienone is 1. The van der Waals surface area contributed by atoms with Crippen LogP contribution < -0.4 is 20.7 Å². The highest BCUT2D eigenvalue weighted by Crippen LogP contribution is 2.39. The molecule has 0 aromatic heterocycles. The fraction of sp³-hybridized carbons (Fsp3) is 0.500. The number of aliphatic hydroxyl groups is 1. The lowest BCUT2D eigenvalue weighted by Gasteiger charge is -2.42. The number of hydrogen-bond donors (Lipinski definition) is 3. The second-order valence-corrected chi connectivity index (χ2v) is 13.3. The minimum Gasteiger partial charge on any atom is -0.496 e. The number of piperidine rings is 1. The number of rotatable bonds is 14. The minimum absolute atomic E-state index is 0.0111. The molecule has 1 heterocycles. The molecule has 0 aliphatic carbocycles. The number of nitrogens with one attached hydrogen (secondary N) is 2. The Morgan fingerprint density at radius 2 is 1.61 bits per heavy atom. The Bertz CT molecular complexity index is 1430. The Kier molecular flexibility index (Phi) is 24.5. The molecule has 5 atom stereocenters. The third-order valence-electron chi connectivity index (χ3n) is 8.60. The molecule has 1 fully saturated rings. The lowest BCUT2D eigenvalue weighted by atomic mass is 9.89. The molecule has 54 heavy (non-hydrogen) atoms. The van der Waals surface area contributed by atoms with Crippen LogP contribution in [0.1, 0.15) is 90.3 Å². The maximum Gasteiger partial charge on any atom is 0.416 e. The van der Waals surface area contributed by atoms with E-state index < -0.39 is 11.7 Å². The van der Waals surface area contributed by atoms with Crippen LogP contribution in [0.5, 0.6) is 5.75 Å². The van der Waals surface area contributed by atoms with Crippen molar-refractivity contribution >= 4 is 26.3 Å². The number of halogens is 3. The summed E-state index contributed by atoms with van der Waals surface area (Å²) < 4.78 is 51.1. The summed E-state index contributed by atoms with van der Waals surface area (Å²) in [4.78, 5) is 17.8. The molecule has 5 unspecified atom stereocenters. The van der Waals surface area contributed by atoms with Crippen molar-refractivity contribution in [3.05, 3.63) is 103 Å². The Hall–Kier alpha value is -3.63. The predicted molar refractivity (Wildman–Crippen MR) is 223 cm³/mol. The number of carbonyl (C=O) groups excluding carboxylic acids is 1. The SMILES string of the molecule is C=C(CNC1CCN(C(=O)N(C(=C)c2ccc(C(F)(F)F)cc2OC)C(CC)C(C)c2ccc(P)cc2)CC1)NC(C)OC.C=CC.C=CC(C)O.CC. The number of carbonyl (C=O) groups is 1. The van der Waals surface area contributed by atoms with E-state index in [1.165, 1.54) is 19.3 Å². The van der Waals surface area contributed by atoms with Crippen LogP contribution in [0.2, 0.25) is 0 Å². The van der Waals surface area contributed by atoms with E-state index in [2.05, 4.69) is 53.1 Å². The van der Waals surface area contributed by atoms with E-state index in [1.807, 2.05) is 58.9 Å². The largest absolute Gasteiger partial charge is 0.496 e. The van der Waals surface area contributed by atoms with E-state index in [-0.39, 0.29) is 42.1 Å². The van der Waals surface area contributed by atoms with Gasteiger partial charge in [0.05, 0.1) is 18.8 Å². The lowest BCUT2D eigenvalue weighted by molar-refractivity contribution is -0.137. The molecular weight excluding hydrogens is 712 g/mol. The van der Waals surface area contributed by atoms with Gasteiger partial charge < -0.3 is 30.1 Å². The van der Waals surface area contributed by atoms with E-state index in [0.717, 1.165) is 41.5 Å². The third kappa shape index (κ3) is 16.8. The molecule has 1 saturated heterocycles. The fourth-order valence-corrected chi connectivity index (χ4v) is 5.76. The molecule has 304 valence electrons. The zero-order chi connectivity index (χ0) is 41.6. The lowest BCUT2D eigenvalue weighted by Crippen LogP contribution is -2.52. The van der Waals surface area contributed by atoms with Crippen LogP contribution in [-0.2, 0) is 10.9 Å². The summed E-state index contributed by atoms with van der Waals surface area (Å²) in [6.45, 7) is 30.1. The molecule has 8 nitrogen and oxygen atoms in total. The number of hydrogen-bond acceptors (Lipinski definition) is 6. The van der Waals surface area contributed by atoms with Crippen molar-refractivity contribution in [1.82, 2.24) is 20.4 Å². The fourth-order valence-electron chi connectivity index (χ4n) is 5.57. The van der Waals surface area contributed by atoms with Gasteiger partial charge in [0.2, 0.25) is 0 Å². The van der Waals surface area contributed by atoms with Crippen molar-refractivity contribution in [2.24, 2.45) is 0 Å². The summed E-state index contributed by atoms with van der Waals surface area (Å²) in [5.41, 5.74) is 1.68. The topological polar surface area (TPSA) is 86.3 Å². The van der Waals surface area contributed by atoms with Crippen LogP contribution >= 0.6 is 9.24 Å². The number of benzene rings is 2. The maximum absolute atomic E-state index is 14.4. The number of aliphatic hydroxyl groups excluding tert-OH is 1. The van der Waals surface area contributed by atoms with Gasteiger partial charge in [-0.2, -0.15) is 13.2 Å². The Morgan fingerprint density at radius 1 is 1.07 bits per heavy atom. The summed E-state index contributed by atoms with van der Waals surface area (Å²) in [5.74, 6) is -0.0732. The van der Waals surface area contributed by atoms with Crippen LogP contribution in [0, 0.1) is 0 Å². The number of nitrogens with zero attached hydrogens (tertiary/aromatic N) is 2. The number of amides is 2. The van der Waals surface area contributed by atoms with Gasteiger partial charge in [0.1, 0.15) is 12.0 Å². The smallest absolute Gasteiger partial charge is 0.416 e. The van der Waals surface area contributed by atoms with E-state index >= 15 is 0 Å². The summed E-state index contributed by atoms with van der Waals surface area (Å²) in [6, 6.07) is 11.0. The van der Waals surface area contributed by atoms with Crippen LogP contribution in [0.4, 0.5) is 18.0 Å². The van der Waals surface area contributed by atoms with E-state index in [1.54, 1.807) is 29.9 Å². The standard InChI is InChI=1S/C33H46F3N4O3P.C4H8O.C3H6.C2H6/c1-8-30(22(3)25-9-12-28(44)13-10-25)40(23(4)29-14-11-26(33(34,35)36)19-31(29)43-7)32(41)39-17-15-27(16-18-39)37-20-21(2)38-24(5)42-6;1-3-4(2)5;1-3-2;1-2/h9-14,19,22,24,27,30,37-38H,2,4,8,15-18,20,44H2,1,3,5-7H3;3-5H,1H2,2H3;3H,1H2,2H3;1-2H3. The molecule has 1 aliphatic rings. The first kappa shape index (κ1) is 50.4. The molecular formula is C42H66F3N4O4P. The molecule has 2 aromatic carbocycles. The second-order valence-electron chi connectivity index (χ2n) is 12.6. The average Bonchev–Trinajstić information content (AvgIpc) is 3.16. The monoisotopic (exact) mass is 778 g/mol. The summed E-state index contributed by atoms with van der Waals surface area (Å²) >= 11 is 0. The van der Waals surface area contributed by atoms with Crippen LogP contribution in [0.15, 0.2) is 86.6 Å². The Balaban J connectivity index is 0.00000251. The van der Waals surface area contributed by atoms with Crippen molar-refractivity contribution in [2.75, 3.05) is 33.9 Å². The molecule has 0 bridgehead atoms. The number of methoxy groups -OCH3 is 2. The normalized spacial score (nSPS) is 14.8. The van der Waals surface area contributed by atoms with Gasteiger partial charge in [0, 0.05) is 61.7 Å². The van der Waals surface area contributed by atoms with Crippen molar-refractivity contribution in [3.63, 3.8) is 0 Å². The zero-order valence-corrected chi connectivity index (χ0v) is 35.1.